The topological polar surface area (TPSA) is 110 Å². The van der Waals surface area contributed by atoms with Gasteiger partial charge in [-0.2, -0.15) is 5.10 Å². The summed E-state index contributed by atoms with van der Waals surface area (Å²) in [6.45, 7) is 3.84. The zero-order valence-electron chi connectivity index (χ0n) is 15.9. The maximum Gasteiger partial charge on any atom is 0.264 e. The summed E-state index contributed by atoms with van der Waals surface area (Å²) in [5.41, 5.74) is 6.37. The van der Waals surface area contributed by atoms with Crippen molar-refractivity contribution in [3.8, 4) is 0 Å². The summed E-state index contributed by atoms with van der Waals surface area (Å²) in [4.78, 5) is 12.1. The Kier molecular flexibility index (Phi) is 6.89. The minimum atomic E-state index is -0.151. The summed E-state index contributed by atoms with van der Waals surface area (Å²) >= 11 is 4.59. The van der Waals surface area contributed by atoms with Crippen molar-refractivity contribution in [2.75, 3.05) is 22.3 Å². The van der Waals surface area contributed by atoms with Gasteiger partial charge in [-0.1, -0.05) is 52.0 Å². The van der Waals surface area contributed by atoms with Gasteiger partial charge in [0.05, 0.1) is 11.5 Å². The first-order valence-electron chi connectivity index (χ1n) is 8.68. The van der Waals surface area contributed by atoms with E-state index in [2.05, 4.69) is 42.0 Å². The highest BCUT2D eigenvalue weighted by molar-refractivity contribution is 9.10. The molecular weight excluding hydrogens is 454 g/mol. The fourth-order valence-electron chi connectivity index (χ4n) is 2.39. The number of nitrogen functional groups attached to an aromatic ring is 1. The molecule has 1 amide bonds. The molecule has 0 bridgehead atoms. The monoisotopic (exact) mass is 473 g/mol. The number of amides is 1. The third-order valence-corrected chi connectivity index (χ3v) is 5.36. The van der Waals surface area contributed by atoms with E-state index < -0.39 is 0 Å². The highest BCUT2D eigenvalue weighted by Crippen LogP contribution is 2.18. The molecule has 1 aromatic heterocycles. The molecule has 4 N–H and O–H groups in total. The molecule has 2 aromatic carbocycles. The van der Waals surface area contributed by atoms with Gasteiger partial charge in [-0.3, -0.25) is 4.79 Å². The van der Waals surface area contributed by atoms with Crippen LogP contribution in [0.25, 0.3) is 0 Å². The summed E-state index contributed by atoms with van der Waals surface area (Å²) in [6, 6.07) is 15.4. The number of carbonyl (C=O) groups excluding carboxylic acids is 1. The fourth-order valence-corrected chi connectivity index (χ4v) is 3.31. The molecule has 0 spiro atoms. The van der Waals surface area contributed by atoms with Crippen LogP contribution in [-0.2, 0) is 4.79 Å². The number of hydrogen-bond donors (Lipinski definition) is 3. The number of anilines is 2. The van der Waals surface area contributed by atoms with Crippen molar-refractivity contribution in [3.63, 3.8) is 0 Å². The van der Waals surface area contributed by atoms with Gasteiger partial charge >= 0.3 is 0 Å². The van der Waals surface area contributed by atoms with Crippen LogP contribution in [0.5, 0.6) is 0 Å². The minimum absolute atomic E-state index is 0.151. The number of rotatable bonds is 7. The van der Waals surface area contributed by atoms with Gasteiger partial charge in [-0.15, -0.1) is 10.2 Å². The van der Waals surface area contributed by atoms with Crippen LogP contribution in [0.4, 0.5) is 11.6 Å². The van der Waals surface area contributed by atoms with Crippen molar-refractivity contribution in [1.29, 1.82) is 0 Å². The van der Waals surface area contributed by atoms with Crippen LogP contribution < -0.4 is 16.6 Å². The molecule has 0 aliphatic heterocycles. The Bertz CT molecular complexity index is 1030. The van der Waals surface area contributed by atoms with E-state index in [9.17, 15) is 4.79 Å². The molecule has 3 aromatic rings. The molecule has 0 saturated heterocycles. The van der Waals surface area contributed by atoms with E-state index in [1.165, 1.54) is 16.4 Å². The molecule has 1 heterocycles. The highest BCUT2D eigenvalue weighted by Gasteiger charge is 2.12. The number of nitrogens with zero attached hydrogens (tertiary/aromatic N) is 4. The standard InChI is InChI=1S/C19H20BrN7OS/c1-12-4-3-5-16(10-12)22-17(28)11-29-19-26-25-18(27(19)21)24-23-13(2)14-6-8-15(20)9-7-14/h3-10H,11,21H2,1-2H3,(H,22,28)(H,24,25)/b23-13+. The van der Waals surface area contributed by atoms with Crippen molar-refractivity contribution in [2.24, 2.45) is 5.10 Å². The average molecular weight is 474 g/mol. The summed E-state index contributed by atoms with van der Waals surface area (Å²) in [5.74, 6) is 6.29. The first-order valence-corrected chi connectivity index (χ1v) is 10.5. The third-order valence-electron chi connectivity index (χ3n) is 3.88. The number of nitrogens with one attached hydrogen (secondary N) is 2. The van der Waals surface area contributed by atoms with E-state index in [-0.39, 0.29) is 17.6 Å². The number of aromatic nitrogens is 3. The summed E-state index contributed by atoms with van der Waals surface area (Å²) in [7, 11) is 0. The SMILES string of the molecule is C/C(=N\Nc1nnc(SCC(=O)Nc2cccc(C)c2)n1N)c1ccc(Br)cc1. The molecule has 29 heavy (non-hydrogen) atoms. The molecule has 10 heteroatoms. The van der Waals surface area contributed by atoms with Gasteiger partial charge in [0.1, 0.15) is 0 Å². The van der Waals surface area contributed by atoms with Gasteiger partial charge in [-0.05, 0) is 49.2 Å². The average Bonchev–Trinajstić information content (AvgIpc) is 3.04. The number of halogens is 1. The van der Waals surface area contributed by atoms with E-state index in [0.29, 0.717) is 5.16 Å². The van der Waals surface area contributed by atoms with Crippen LogP contribution in [-0.4, -0.2) is 32.2 Å². The van der Waals surface area contributed by atoms with Gasteiger partial charge < -0.3 is 11.2 Å². The first-order chi connectivity index (χ1) is 13.9. The second kappa shape index (κ2) is 9.57. The molecule has 8 nitrogen and oxygen atoms in total. The molecule has 150 valence electrons. The molecule has 0 aliphatic rings. The zero-order chi connectivity index (χ0) is 20.8. The molecule has 0 fully saturated rings. The van der Waals surface area contributed by atoms with Gasteiger partial charge in [0.25, 0.3) is 5.95 Å². The number of benzene rings is 2. The second-order valence-electron chi connectivity index (χ2n) is 6.20. The lowest BCUT2D eigenvalue weighted by Crippen LogP contribution is -2.17. The van der Waals surface area contributed by atoms with Crippen LogP contribution >= 0.6 is 27.7 Å². The summed E-state index contributed by atoms with van der Waals surface area (Å²) < 4.78 is 2.26. The number of nitrogens with two attached hydrogens (primary N) is 1. The van der Waals surface area contributed by atoms with E-state index in [1.807, 2.05) is 62.4 Å². The quantitative estimate of drug-likeness (QED) is 0.209. The Morgan fingerprint density at radius 2 is 2.00 bits per heavy atom. The highest BCUT2D eigenvalue weighted by atomic mass is 79.9. The zero-order valence-corrected chi connectivity index (χ0v) is 18.3. The van der Waals surface area contributed by atoms with Crippen molar-refractivity contribution in [1.82, 2.24) is 14.9 Å². The van der Waals surface area contributed by atoms with E-state index in [4.69, 9.17) is 5.84 Å². The smallest absolute Gasteiger partial charge is 0.264 e. The maximum absolute atomic E-state index is 12.1. The molecule has 0 aliphatic carbocycles. The number of hydrogen-bond acceptors (Lipinski definition) is 7. The Balaban J connectivity index is 1.57. The van der Waals surface area contributed by atoms with E-state index in [1.54, 1.807) is 0 Å². The fraction of sp³-hybridized carbons (Fsp3) is 0.158. The predicted octanol–water partition coefficient (Wildman–Crippen LogP) is 3.63. The second-order valence-corrected chi connectivity index (χ2v) is 8.06. The van der Waals surface area contributed by atoms with Crippen molar-refractivity contribution in [3.05, 3.63) is 64.1 Å². The number of hydrazone groups is 1. The molecule has 3 rings (SSSR count). The lowest BCUT2D eigenvalue weighted by molar-refractivity contribution is -0.113. The molecule has 0 unspecified atom stereocenters. The minimum Gasteiger partial charge on any atom is -0.334 e. The van der Waals surface area contributed by atoms with Gasteiger partial charge in [0.15, 0.2) is 0 Å². The van der Waals surface area contributed by atoms with E-state index >= 15 is 0 Å². The van der Waals surface area contributed by atoms with Crippen LogP contribution in [0.1, 0.15) is 18.1 Å². The van der Waals surface area contributed by atoms with Crippen molar-refractivity contribution < 1.29 is 4.79 Å². The van der Waals surface area contributed by atoms with E-state index in [0.717, 1.165) is 27.0 Å². The van der Waals surface area contributed by atoms with Gasteiger partial charge in [0.2, 0.25) is 11.1 Å². The predicted molar refractivity (Wildman–Crippen MR) is 121 cm³/mol. The largest absolute Gasteiger partial charge is 0.334 e. The van der Waals surface area contributed by atoms with Crippen molar-refractivity contribution in [2.45, 2.75) is 19.0 Å². The molecule has 0 saturated carbocycles. The number of carbonyl (C=O) groups is 1. The Hall–Kier alpha value is -2.85. The molecule has 0 radical (unpaired) electrons. The Labute approximate surface area is 181 Å². The lowest BCUT2D eigenvalue weighted by Gasteiger charge is -2.06. The van der Waals surface area contributed by atoms with Gasteiger partial charge in [-0.25, -0.2) is 10.1 Å². The molecular formula is C19H20BrN7OS. The summed E-state index contributed by atoms with van der Waals surface area (Å²) in [6.07, 6.45) is 0. The van der Waals surface area contributed by atoms with Crippen LogP contribution in [0.3, 0.4) is 0 Å². The van der Waals surface area contributed by atoms with Crippen molar-refractivity contribution >= 4 is 50.9 Å². The Morgan fingerprint density at radius 1 is 1.24 bits per heavy atom. The number of aryl methyl sites for hydroxylation is 1. The summed E-state index contributed by atoms with van der Waals surface area (Å²) in [5, 5.41) is 15.5. The molecule has 0 atom stereocenters. The number of thioether (sulfide) groups is 1. The van der Waals surface area contributed by atoms with Crippen LogP contribution in [0.2, 0.25) is 0 Å². The normalized spacial score (nSPS) is 11.3. The maximum atomic E-state index is 12.1. The van der Waals surface area contributed by atoms with Crippen LogP contribution in [0.15, 0.2) is 63.3 Å². The third kappa shape index (κ3) is 5.81. The lowest BCUT2D eigenvalue weighted by atomic mass is 10.1. The van der Waals surface area contributed by atoms with Gasteiger partial charge in [0, 0.05) is 10.2 Å². The first kappa shape index (κ1) is 20.9. The van der Waals surface area contributed by atoms with Crippen LogP contribution in [0, 0.1) is 6.92 Å². The Morgan fingerprint density at radius 3 is 2.72 bits per heavy atom.